The number of carbonyl (C=O) groups is 1. The summed E-state index contributed by atoms with van der Waals surface area (Å²) in [6, 6.07) is 12.7. The molecule has 0 bridgehead atoms. The third-order valence-electron chi connectivity index (χ3n) is 5.76. The molecule has 0 radical (unpaired) electrons. The molecule has 1 amide bonds. The van der Waals surface area contributed by atoms with Gasteiger partial charge in [-0.15, -0.1) is 0 Å². The van der Waals surface area contributed by atoms with Crippen LogP contribution in [-0.4, -0.2) is 41.0 Å². The van der Waals surface area contributed by atoms with Crippen molar-refractivity contribution in [2.75, 3.05) is 20.8 Å². The Balaban J connectivity index is 1.60. The first-order chi connectivity index (χ1) is 15.5. The minimum Gasteiger partial charge on any atom is -0.497 e. The number of hydrogen-bond acceptors (Lipinski definition) is 5. The van der Waals surface area contributed by atoms with E-state index >= 15 is 0 Å². The number of para-hydroxylation sites is 1. The van der Waals surface area contributed by atoms with Gasteiger partial charge in [0, 0.05) is 30.4 Å². The number of rotatable bonds is 7. The fourth-order valence-electron chi connectivity index (χ4n) is 4.03. The summed E-state index contributed by atoms with van der Waals surface area (Å²) in [7, 11) is 4.82. The summed E-state index contributed by atoms with van der Waals surface area (Å²) in [5, 5.41) is 8.79. The summed E-state index contributed by atoms with van der Waals surface area (Å²) in [5.41, 5.74) is 2.04. The highest BCUT2D eigenvalue weighted by Crippen LogP contribution is 2.29. The second kappa shape index (κ2) is 8.74. The molecule has 32 heavy (non-hydrogen) atoms. The summed E-state index contributed by atoms with van der Waals surface area (Å²) in [6.07, 6.45) is 2.28. The summed E-state index contributed by atoms with van der Waals surface area (Å²) < 4.78 is 13.8. The van der Waals surface area contributed by atoms with Crippen molar-refractivity contribution in [1.82, 2.24) is 19.7 Å². The molecule has 0 fully saturated rings. The molecule has 8 nitrogen and oxygen atoms in total. The van der Waals surface area contributed by atoms with E-state index in [9.17, 15) is 9.59 Å². The SMILES string of the molecule is COc1ccc(CCNC(=O)C(C)n2c3ccccc3c3cnn(C)c(=O)c32)c(OC)c1. The maximum absolute atomic E-state index is 13.1. The van der Waals surface area contributed by atoms with Crippen molar-refractivity contribution in [3.05, 3.63) is 64.6 Å². The summed E-state index contributed by atoms with van der Waals surface area (Å²) in [4.78, 5) is 26.0. The molecule has 2 aromatic carbocycles. The first-order valence-electron chi connectivity index (χ1n) is 10.4. The Hall–Kier alpha value is -3.81. The van der Waals surface area contributed by atoms with E-state index in [1.165, 1.54) is 4.68 Å². The lowest BCUT2D eigenvalue weighted by atomic mass is 10.1. The number of nitrogens with one attached hydrogen (secondary N) is 1. The van der Waals surface area contributed by atoms with Gasteiger partial charge >= 0.3 is 0 Å². The van der Waals surface area contributed by atoms with Crippen LogP contribution in [0.5, 0.6) is 11.5 Å². The zero-order valence-electron chi connectivity index (χ0n) is 18.6. The smallest absolute Gasteiger partial charge is 0.291 e. The zero-order valence-corrected chi connectivity index (χ0v) is 18.6. The van der Waals surface area contributed by atoms with Gasteiger partial charge < -0.3 is 19.4 Å². The molecule has 0 saturated carbocycles. The van der Waals surface area contributed by atoms with Crippen LogP contribution in [0.2, 0.25) is 0 Å². The second-order valence-electron chi connectivity index (χ2n) is 7.62. The van der Waals surface area contributed by atoms with Gasteiger partial charge in [-0.05, 0) is 31.0 Å². The minimum absolute atomic E-state index is 0.168. The molecule has 4 rings (SSSR count). The average molecular weight is 434 g/mol. The predicted octanol–water partition coefficient (Wildman–Crippen LogP) is 2.83. The van der Waals surface area contributed by atoms with Gasteiger partial charge in [0.05, 0.1) is 25.9 Å². The van der Waals surface area contributed by atoms with Gasteiger partial charge in [0.1, 0.15) is 23.1 Å². The number of benzene rings is 2. The van der Waals surface area contributed by atoms with Crippen LogP contribution in [0.15, 0.2) is 53.5 Å². The highest BCUT2D eigenvalue weighted by Gasteiger charge is 2.23. The van der Waals surface area contributed by atoms with Crippen LogP contribution in [0.1, 0.15) is 18.5 Å². The van der Waals surface area contributed by atoms with Crippen LogP contribution in [0.3, 0.4) is 0 Å². The van der Waals surface area contributed by atoms with Gasteiger partial charge in [0.25, 0.3) is 5.56 Å². The maximum Gasteiger partial charge on any atom is 0.291 e. The monoisotopic (exact) mass is 434 g/mol. The number of hydrogen-bond donors (Lipinski definition) is 1. The highest BCUT2D eigenvalue weighted by atomic mass is 16.5. The van der Waals surface area contributed by atoms with Crippen molar-refractivity contribution in [3.63, 3.8) is 0 Å². The first-order valence-corrected chi connectivity index (χ1v) is 10.4. The highest BCUT2D eigenvalue weighted by molar-refractivity contribution is 6.08. The van der Waals surface area contributed by atoms with Crippen LogP contribution in [-0.2, 0) is 18.3 Å². The van der Waals surface area contributed by atoms with E-state index in [0.717, 1.165) is 21.9 Å². The van der Waals surface area contributed by atoms with E-state index in [1.54, 1.807) is 39.0 Å². The van der Waals surface area contributed by atoms with Gasteiger partial charge in [-0.1, -0.05) is 24.3 Å². The second-order valence-corrected chi connectivity index (χ2v) is 7.62. The third-order valence-corrected chi connectivity index (χ3v) is 5.76. The molecule has 4 aromatic rings. The van der Waals surface area contributed by atoms with E-state index in [1.807, 2.05) is 42.5 Å². The molecular weight excluding hydrogens is 408 g/mol. The number of aromatic nitrogens is 3. The Bertz CT molecular complexity index is 1360. The standard InChI is InChI=1S/C24H26N4O4/c1-15(23(29)25-12-11-16-9-10-17(31-3)13-21(16)32-4)28-20-8-6-5-7-18(20)19-14-26-27(2)24(30)22(19)28/h5-10,13-15H,11-12H2,1-4H3,(H,25,29). The number of fused-ring (bicyclic) bond motifs is 3. The van der Waals surface area contributed by atoms with E-state index in [2.05, 4.69) is 10.4 Å². The van der Waals surface area contributed by atoms with Gasteiger partial charge in [0.15, 0.2) is 0 Å². The van der Waals surface area contributed by atoms with Gasteiger partial charge in [-0.2, -0.15) is 5.10 Å². The molecule has 0 spiro atoms. The summed E-state index contributed by atoms with van der Waals surface area (Å²) in [5.74, 6) is 1.26. The molecule has 0 aliphatic heterocycles. The van der Waals surface area contributed by atoms with E-state index in [4.69, 9.17) is 9.47 Å². The number of methoxy groups -OCH3 is 2. The summed E-state index contributed by atoms with van der Waals surface area (Å²) in [6.45, 7) is 2.23. The van der Waals surface area contributed by atoms with Crippen LogP contribution in [0.25, 0.3) is 21.8 Å². The Kier molecular flexibility index (Phi) is 5.85. The topological polar surface area (TPSA) is 87.4 Å². The number of nitrogens with zero attached hydrogens (tertiary/aromatic N) is 3. The normalized spacial score (nSPS) is 12.1. The van der Waals surface area contributed by atoms with Crippen molar-refractivity contribution in [2.45, 2.75) is 19.4 Å². The number of carbonyl (C=O) groups excluding carboxylic acids is 1. The summed E-state index contributed by atoms with van der Waals surface area (Å²) >= 11 is 0. The lowest BCUT2D eigenvalue weighted by Gasteiger charge is -2.17. The minimum atomic E-state index is -0.578. The predicted molar refractivity (Wildman–Crippen MR) is 123 cm³/mol. The first kappa shape index (κ1) is 21.4. The van der Waals surface area contributed by atoms with Crippen LogP contribution >= 0.6 is 0 Å². The molecule has 2 aromatic heterocycles. The lowest BCUT2D eigenvalue weighted by Crippen LogP contribution is -2.33. The zero-order chi connectivity index (χ0) is 22.8. The molecule has 1 N–H and O–H groups in total. The fourth-order valence-corrected chi connectivity index (χ4v) is 4.03. The molecule has 0 aliphatic carbocycles. The molecular formula is C24H26N4O4. The van der Waals surface area contributed by atoms with Gasteiger partial charge in [0.2, 0.25) is 5.91 Å². The van der Waals surface area contributed by atoms with Crippen molar-refractivity contribution in [1.29, 1.82) is 0 Å². The largest absolute Gasteiger partial charge is 0.497 e. The van der Waals surface area contributed by atoms with E-state index < -0.39 is 6.04 Å². The Labute approximate surface area is 185 Å². The van der Waals surface area contributed by atoms with Gasteiger partial charge in [-0.25, -0.2) is 4.68 Å². The van der Waals surface area contributed by atoms with Crippen molar-refractivity contribution in [3.8, 4) is 11.5 Å². The molecule has 8 heteroatoms. The Morgan fingerprint density at radius 3 is 2.66 bits per heavy atom. The number of aryl methyl sites for hydroxylation is 1. The quantitative estimate of drug-likeness (QED) is 0.483. The maximum atomic E-state index is 13.1. The van der Waals surface area contributed by atoms with Crippen molar-refractivity contribution < 1.29 is 14.3 Å². The van der Waals surface area contributed by atoms with Gasteiger partial charge in [-0.3, -0.25) is 9.59 Å². The number of ether oxygens (including phenoxy) is 2. The molecule has 1 atom stereocenters. The van der Waals surface area contributed by atoms with Crippen molar-refractivity contribution >= 4 is 27.7 Å². The van der Waals surface area contributed by atoms with Crippen LogP contribution in [0, 0.1) is 0 Å². The average Bonchev–Trinajstić information content (AvgIpc) is 3.16. The fraction of sp³-hybridized carbons (Fsp3) is 0.292. The molecule has 2 heterocycles. The lowest BCUT2D eigenvalue weighted by molar-refractivity contribution is -0.123. The third kappa shape index (κ3) is 3.68. The Morgan fingerprint density at radius 1 is 1.12 bits per heavy atom. The number of amides is 1. The Morgan fingerprint density at radius 2 is 1.91 bits per heavy atom. The van der Waals surface area contributed by atoms with E-state index in [0.29, 0.717) is 30.0 Å². The van der Waals surface area contributed by atoms with Crippen LogP contribution in [0.4, 0.5) is 0 Å². The van der Waals surface area contributed by atoms with Crippen LogP contribution < -0.4 is 20.3 Å². The van der Waals surface area contributed by atoms with E-state index in [-0.39, 0.29) is 11.5 Å². The molecule has 1 unspecified atom stereocenters. The molecule has 166 valence electrons. The molecule has 0 saturated heterocycles. The molecule has 0 aliphatic rings. The van der Waals surface area contributed by atoms with Crippen molar-refractivity contribution in [2.24, 2.45) is 7.05 Å².